The first kappa shape index (κ1) is 15.2. The number of fused-ring (bicyclic) bond motifs is 1. The summed E-state index contributed by atoms with van der Waals surface area (Å²) in [6, 6.07) is 3.11. The Morgan fingerprint density at radius 2 is 2.24 bits per heavy atom. The number of amides is 1. The minimum absolute atomic E-state index is 0.0232. The van der Waals surface area contributed by atoms with Crippen molar-refractivity contribution in [1.29, 1.82) is 0 Å². The van der Waals surface area contributed by atoms with Crippen LogP contribution >= 0.6 is 0 Å². The van der Waals surface area contributed by atoms with Crippen molar-refractivity contribution in [2.75, 3.05) is 17.2 Å². The molecule has 1 aliphatic heterocycles. The zero-order valence-corrected chi connectivity index (χ0v) is 11.9. The zero-order chi connectivity index (χ0) is 15.4. The number of anilines is 2. The summed E-state index contributed by atoms with van der Waals surface area (Å²) in [6.07, 6.45) is 2.25. The van der Waals surface area contributed by atoms with Gasteiger partial charge in [-0.15, -0.1) is 0 Å². The largest absolute Gasteiger partial charge is 0.396 e. The zero-order valence-electron chi connectivity index (χ0n) is 11.9. The first-order valence-corrected chi connectivity index (χ1v) is 7.03. The van der Waals surface area contributed by atoms with Gasteiger partial charge in [-0.1, -0.05) is 6.92 Å². The second-order valence-electron chi connectivity index (χ2n) is 5.09. The number of aliphatic hydroxyl groups excluding tert-OH is 1. The lowest BCUT2D eigenvalue weighted by atomic mass is 10.0. The SMILES string of the molecule is CCC(CCO)Nc1cc2c(cc1[N+](=O)[O-])NC(=O)CC2. The van der Waals surface area contributed by atoms with Gasteiger partial charge in [-0.05, 0) is 30.9 Å². The van der Waals surface area contributed by atoms with Crippen LogP contribution in [-0.4, -0.2) is 28.6 Å². The van der Waals surface area contributed by atoms with E-state index in [1.807, 2.05) is 6.92 Å². The fourth-order valence-corrected chi connectivity index (χ4v) is 2.44. The number of benzene rings is 1. The Morgan fingerprint density at radius 1 is 1.48 bits per heavy atom. The molecule has 0 aromatic heterocycles. The van der Waals surface area contributed by atoms with Gasteiger partial charge in [0, 0.05) is 25.1 Å². The fourth-order valence-electron chi connectivity index (χ4n) is 2.44. The molecule has 0 bridgehead atoms. The van der Waals surface area contributed by atoms with Gasteiger partial charge >= 0.3 is 0 Å². The molecule has 7 nitrogen and oxygen atoms in total. The Hall–Kier alpha value is -2.15. The summed E-state index contributed by atoms with van der Waals surface area (Å²) in [5, 5.41) is 26.0. The number of hydrogen-bond donors (Lipinski definition) is 3. The number of nitro groups is 1. The maximum absolute atomic E-state index is 11.4. The van der Waals surface area contributed by atoms with E-state index in [9.17, 15) is 14.9 Å². The number of rotatable bonds is 6. The Kier molecular flexibility index (Phi) is 4.74. The summed E-state index contributed by atoms with van der Waals surface area (Å²) in [5.41, 5.74) is 1.78. The maximum Gasteiger partial charge on any atom is 0.294 e. The third-order valence-electron chi connectivity index (χ3n) is 3.64. The molecule has 0 radical (unpaired) electrons. The Labute approximate surface area is 122 Å². The summed E-state index contributed by atoms with van der Waals surface area (Å²) in [4.78, 5) is 22.1. The fraction of sp³-hybridized carbons (Fsp3) is 0.500. The van der Waals surface area contributed by atoms with Crippen LogP contribution in [-0.2, 0) is 11.2 Å². The van der Waals surface area contributed by atoms with E-state index in [0.29, 0.717) is 30.6 Å². The van der Waals surface area contributed by atoms with Crippen molar-refractivity contribution in [3.8, 4) is 0 Å². The minimum Gasteiger partial charge on any atom is -0.396 e. The summed E-state index contributed by atoms with van der Waals surface area (Å²) >= 11 is 0. The van der Waals surface area contributed by atoms with Crippen LogP contribution < -0.4 is 10.6 Å². The first-order valence-electron chi connectivity index (χ1n) is 7.03. The summed E-state index contributed by atoms with van der Waals surface area (Å²) in [6.45, 7) is 1.98. The number of carbonyl (C=O) groups is 1. The highest BCUT2D eigenvalue weighted by Crippen LogP contribution is 2.34. The molecule has 7 heteroatoms. The molecule has 1 atom stereocenters. The van der Waals surface area contributed by atoms with E-state index in [1.165, 1.54) is 6.07 Å². The number of nitro benzene ring substituents is 1. The maximum atomic E-state index is 11.4. The Morgan fingerprint density at radius 3 is 2.86 bits per heavy atom. The van der Waals surface area contributed by atoms with Crippen LogP contribution in [0, 0.1) is 10.1 Å². The average Bonchev–Trinajstić information content (AvgIpc) is 2.46. The van der Waals surface area contributed by atoms with E-state index in [1.54, 1.807) is 6.07 Å². The normalized spacial score (nSPS) is 15.0. The van der Waals surface area contributed by atoms with Crippen molar-refractivity contribution in [2.24, 2.45) is 0 Å². The van der Waals surface area contributed by atoms with Gasteiger partial charge in [0.15, 0.2) is 0 Å². The van der Waals surface area contributed by atoms with Crippen LogP contribution in [0.15, 0.2) is 12.1 Å². The van der Waals surface area contributed by atoms with Crippen molar-refractivity contribution >= 4 is 23.0 Å². The highest BCUT2D eigenvalue weighted by molar-refractivity contribution is 5.95. The number of aliphatic hydroxyl groups is 1. The topological polar surface area (TPSA) is 104 Å². The highest BCUT2D eigenvalue weighted by Gasteiger charge is 2.23. The van der Waals surface area contributed by atoms with Gasteiger partial charge in [-0.25, -0.2) is 0 Å². The van der Waals surface area contributed by atoms with Crippen LogP contribution in [0.3, 0.4) is 0 Å². The van der Waals surface area contributed by atoms with Gasteiger partial charge in [0.05, 0.1) is 10.6 Å². The number of carbonyl (C=O) groups excluding carboxylic acids is 1. The minimum atomic E-state index is -0.463. The molecule has 114 valence electrons. The smallest absolute Gasteiger partial charge is 0.294 e. The molecule has 1 aromatic rings. The molecule has 1 amide bonds. The molecule has 0 aliphatic carbocycles. The summed E-state index contributed by atoms with van der Waals surface area (Å²) in [7, 11) is 0. The molecule has 21 heavy (non-hydrogen) atoms. The van der Waals surface area contributed by atoms with Gasteiger partial charge in [-0.2, -0.15) is 0 Å². The molecular weight excluding hydrogens is 274 g/mol. The summed E-state index contributed by atoms with van der Waals surface area (Å²) < 4.78 is 0. The van der Waals surface area contributed by atoms with Gasteiger partial charge in [0.2, 0.25) is 5.91 Å². The number of aryl methyl sites for hydroxylation is 1. The molecular formula is C14H19N3O4. The molecule has 0 fully saturated rings. The quantitative estimate of drug-likeness (QED) is 0.550. The number of hydrogen-bond acceptors (Lipinski definition) is 5. The standard InChI is InChI=1S/C14H19N3O4/c1-2-10(5-6-18)15-12-7-9-3-4-14(19)16-11(9)8-13(12)17(20)21/h7-8,10,15,18H,2-6H2,1H3,(H,16,19). The van der Waals surface area contributed by atoms with E-state index in [2.05, 4.69) is 10.6 Å². The molecule has 1 aliphatic rings. The predicted molar refractivity (Wildman–Crippen MR) is 79.5 cm³/mol. The van der Waals surface area contributed by atoms with E-state index in [0.717, 1.165) is 12.0 Å². The Bertz CT molecular complexity index is 559. The van der Waals surface area contributed by atoms with Crippen molar-refractivity contribution in [3.63, 3.8) is 0 Å². The lowest BCUT2D eigenvalue weighted by Crippen LogP contribution is -2.22. The predicted octanol–water partition coefficient (Wildman–Crippen LogP) is 2.05. The lowest BCUT2D eigenvalue weighted by Gasteiger charge is -2.21. The monoisotopic (exact) mass is 293 g/mol. The molecule has 1 aromatic carbocycles. The van der Waals surface area contributed by atoms with Crippen molar-refractivity contribution < 1.29 is 14.8 Å². The highest BCUT2D eigenvalue weighted by atomic mass is 16.6. The lowest BCUT2D eigenvalue weighted by molar-refractivity contribution is -0.383. The van der Waals surface area contributed by atoms with Crippen LogP contribution in [0.25, 0.3) is 0 Å². The van der Waals surface area contributed by atoms with Crippen molar-refractivity contribution in [2.45, 2.75) is 38.6 Å². The van der Waals surface area contributed by atoms with Gasteiger partial charge in [0.1, 0.15) is 5.69 Å². The average molecular weight is 293 g/mol. The van der Waals surface area contributed by atoms with E-state index in [4.69, 9.17) is 5.11 Å². The van der Waals surface area contributed by atoms with Crippen LogP contribution in [0.5, 0.6) is 0 Å². The van der Waals surface area contributed by atoms with Crippen LogP contribution in [0.4, 0.5) is 17.1 Å². The van der Waals surface area contributed by atoms with Crippen molar-refractivity contribution in [3.05, 3.63) is 27.8 Å². The van der Waals surface area contributed by atoms with E-state index < -0.39 is 4.92 Å². The molecule has 2 rings (SSSR count). The van der Waals surface area contributed by atoms with Crippen LogP contribution in [0.2, 0.25) is 0 Å². The second-order valence-corrected chi connectivity index (χ2v) is 5.09. The summed E-state index contributed by atoms with van der Waals surface area (Å²) in [5.74, 6) is -0.121. The molecule has 3 N–H and O–H groups in total. The molecule has 1 heterocycles. The van der Waals surface area contributed by atoms with Gasteiger partial charge in [0.25, 0.3) is 5.69 Å². The number of nitrogens with one attached hydrogen (secondary N) is 2. The molecule has 0 spiro atoms. The van der Waals surface area contributed by atoms with Crippen molar-refractivity contribution in [1.82, 2.24) is 0 Å². The third-order valence-corrected chi connectivity index (χ3v) is 3.64. The third kappa shape index (κ3) is 3.49. The molecule has 1 unspecified atom stereocenters. The van der Waals surface area contributed by atoms with Gasteiger partial charge in [-0.3, -0.25) is 14.9 Å². The van der Waals surface area contributed by atoms with Crippen LogP contribution in [0.1, 0.15) is 31.7 Å². The molecule has 0 saturated carbocycles. The molecule has 0 saturated heterocycles. The van der Waals surface area contributed by atoms with E-state index >= 15 is 0 Å². The first-order chi connectivity index (χ1) is 10.0. The van der Waals surface area contributed by atoms with E-state index in [-0.39, 0.29) is 24.2 Å². The second kappa shape index (κ2) is 6.53. The Balaban J connectivity index is 2.35. The van der Waals surface area contributed by atoms with Gasteiger partial charge < -0.3 is 15.7 Å². The number of nitrogens with zero attached hydrogens (tertiary/aromatic N) is 1.